The smallest absolute Gasteiger partial charge is 0.258 e. The first kappa shape index (κ1) is 10.8. The van der Waals surface area contributed by atoms with Crippen molar-refractivity contribution in [3.63, 3.8) is 0 Å². The summed E-state index contributed by atoms with van der Waals surface area (Å²) < 4.78 is 0. The highest BCUT2D eigenvalue weighted by Crippen LogP contribution is 2.21. The Morgan fingerprint density at radius 1 is 1.29 bits per heavy atom. The average Bonchev–Trinajstić information content (AvgIpc) is 2.39. The highest BCUT2D eigenvalue weighted by molar-refractivity contribution is 5.62. The lowest BCUT2D eigenvalue weighted by Gasteiger charge is -2.00. The Kier molecular flexibility index (Phi) is 2.79. The lowest BCUT2D eigenvalue weighted by Crippen LogP contribution is -1.89. The van der Waals surface area contributed by atoms with E-state index in [0.717, 1.165) is 0 Å². The molecule has 0 bridgehead atoms. The van der Waals surface area contributed by atoms with Crippen LogP contribution in [0, 0.1) is 21.4 Å². The van der Waals surface area contributed by atoms with E-state index in [-0.39, 0.29) is 5.69 Å². The van der Waals surface area contributed by atoms with Crippen molar-refractivity contribution in [1.29, 1.82) is 5.26 Å². The highest BCUT2D eigenvalue weighted by atomic mass is 16.6. The summed E-state index contributed by atoms with van der Waals surface area (Å²) in [4.78, 5) is 14.3. The Morgan fingerprint density at radius 3 is 2.71 bits per heavy atom. The van der Waals surface area contributed by atoms with Gasteiger partial charge in [0.2, 0.25) is 0 Å². The molecule has 0 atom stereocenters. The molecule has 82 valence electrons. The summed E-state index contributed by atoms with van der Waals surface area (Å²) in [6.07, 6.45) is 1.44. The average molecular weight is 225 g/mol. The molecule has 1 heterocycles. The van der Waals surface area contributed by atoms with Crippen molar-refractivity contribution >= 4 is 5.69 Å². The second-order valence-electron chi connectivity index (χ2n) is 3.35. The first-order valence-corrected chi connectivity index (χ1v) is 4.81. The molecule has 0 aliphatic carbocycles. The molecule has 2 rings (SSSR count). The van der Waals surface area contributed by atoms with Crippen molar-refractivity contribution in [2.75, 3.05) is 0 Å². The number of benzene rings is 1. The van der Waals surface area contributed by atoms with Gasteiger partial charge in [0.05, 0.1) is 16.2 Å². The first-order chi connectivity index (χ1) is 8.20. The second-order valence-corrected chi connectivity index (χ2v) is 3.35. The standard InChI is InChI=1S/C12H7N3O2/c13-7-9-4-5-12(14-8-9)10-2-1-3-11(6-10)15(16)17/h1-6,8H. The summed E-state index contributed by atoms with van der Waals surface area (Å²) in [6, 6.07) is 11.5. The molecule has 5 heteroatoms. The Hall–Kier alpha value is -2.74. The van der Waals surface area contributed by atoms with E-state index in [9.17, 15) is 10.1 Å². The number of nitro groups is 1. The molecule has 0 N–H and O–H groups in total. The maximum Gasteiger partial charge on any atom is 0.270 e. The van der Waals surface area contributed by atoms with Crippen LogP contribution in [-0.2, 0) is 0 Å². The summed E-state index contributed by atoms with van der Waals surface area (Å²) in [6.45, 7) is 0. The Balaban J connectivity index is 2.42. The predicted molar refractivity (Wildman–Crippen MR) is 61.0 cm³/mol. The zero-order valence-corrected chi connectivity index (χ0v) is 8.70. The summed E-state index contributed by atoms with van der Waals surface area (Å²) in [7, 11) is 0. The maximum atomic E-state index is 10.6. The van der Waals surface area contributed by atoms with Gasteiger partial charge in [-0.3, -0.25) is 15.1 Å². The van der Waals surface area contributed by atoms with E-state index < -0.39 is 4.92 Å². The third kappa shape index (κ3) is 2.26. The third-order valence-electron chi connectivity index (χ3n) is 2.25. The molecule has 0 radical (unpaired) electrons. The number of hydrogen-bond donors (Lipinski definition) is 0. The summed E-state index contributed by atoms with van der Waals surface area (Å²) in [5.41, 5.74) is 1.74. The lowest BCUT2D eigenvalue weighted by atomic mass is 10.1. The molecule has 17 heavy (non-hydrogen) atoms. The molecule has 5 nitrogen and oxygen atoms in total. The van der Waals surface area contributed by atoms with Gasteiger partial charge in [-0.15, -0.1) is 0 Å². The van der Waals surface area contributed by atoms with Gasteiger partial charge in [-0.05, 0) is 12.1 Å². The molecular formula is C12H7N3O2. The predicted octanol–water partition coefficient (Wildman–Crippen LogP) is 2.53. The number of nitrogens with zero attached hydrogens (tertiary/aromatic N) is 3. The fourth-order valence-electron chi connectivity index (χ4n) is 1.41. The van der Waals surface area contributed by atoms with E-state index in [0.29, 0.717) is 16.8 Å². The lowest BCUT2D eigenvalue weighted by molar-refractivity contribution is -0.384. The number of non-ortho nitro benzene ring substituents is 1. The summed E-state index contributed by atoms with van der Waals surface area (Å²) in [5.74, 6) is 0. The molecule has 0 spiro atoms. The fraction of sp³-hybridized carbons (Fsp3) is 0. The number of rotatable bonds is 2. The van der Waals surface area contributed by atoms with Gasteiger partial charge in [0, 0.05) is 23.9 Å². The molecule has 0 aliphatic heterocycles. The summed E-state index contributed by atoms with van der Waals surface area (Å²) in [5, 5.41) is 19.3. The maximum absolute atomic E-state index is 10.6. The largest absolute Gasteiger partial charge is 0.270 e. The van der Waals surface area contributed by atoms with E-state index in [1.54, 1.807) is 24.3 Å². The van der Waals surface area contributed by atoms with Gasteiger partial charge in [-0.25, -0.2) is 0 Å². The molecule has 0 fully saturated rings. The minimum Gasteiger partial charge on any atom is -0.258 e. The highest BCUT2D eigenvalue weighted by Gasteiger charge is 2.07. The zero-order valence-electron chi connectivity index (χ0n) is 8.70. The van der Waals surface area contributed by atoms with Crippen LogP contribution in [0.1, 0.15) is 5.56 Å². The minimum atomic E-state index is -0.451. The van der Waals surface area contributed by atoms with Crippen LogP contribution in [0.25, 0.3) is 11.3 Å². The monoisotopic (exact) mass is 225 g/mol. The van der Waals surface area contributed by atoms with Crippen LogP contribution < -0.4 is 0 Å². The van der Waals surface area contributed by atoms with Gasteiger partial charge in [0.15, 0.2) is 0 Å². The van der Waals surface area contributed by atoms with Crippen LogP contribution >= 0.6 is 0 Å². The first-order valence-electron chi connectivity index (χ1n) is 4.81. The molecule has 0 unspecified atom stereocenters. The van der Waals surface area contributed by atoms with Crippen molar-refractivity contribution in [2.45, 2.75) is 0 Å². The third-order valence-corrected chi connectivity index (χ3v) is 2.25. The molecule has 2 aromatic rings. The van der Waals surface area contributed by atoms with Crippen molar-refractivity contribution < 1.29 is 4.92 Å². The molecule has 1 aromatic carbocycles. The van der Waals surface area contributed by atoms with Gasteiger partial charge in [0.1, 0.15) is 6.07 Å². The van der Waals surface area contributed by atoms with E-state index in [1.807, 2.05) is 6.07 Å². The van der Waals surface area contributed by atoms with Crippen molar-refractivity contribution in [3.05, 3.63) is 58.3 Å². The van der Waals surface area contributed by atoms with Crippen LogP contribution in [0.3, 0.4) is 0 Å². The Morgan fingerprint density at radius 2 is 2.12 bits per heavy atom. The number of pyridine rings is 1. The molecule has 0 amide bonds. The molecule has 0 saturated carbocycles. The number of aromatic nitrogens is 1. The number of nitro benzene ring substituents is 1. The Labute approximate surface area is 97.1 Å². The van der Waals surface area contributed by atoms with E-state index in [1.165, 1.54) is 18.3 Å². The normalized spacial score (nSPS) is 9.59. The topological polar surface area (TPSA) is 79.8 Å². The van der Waals surface area contributed by atoms with E-state index in [2.05, 4.69) is 4.98 Å². The zero-order chi connectivity index (χ0) is 12.3. The molecule has 0 aliphatic rings. The van der Waals surface area contributed by atoms with Crippen LogP contribution in [0.5, 0.6) is 0 Å². The van der Waals surface area contributed by atoms with Crippen molar-refractivity contribution in [3.8, 4) is 17.3 Å². The quantitative estimate of drug-likeness (QED) is 0.581. The van der Waals surface area contributed by atoms with Gasteiger partial charge in [-0.2, -0.15) is 5.26 Å². The molecule has 1 aromatic heterocycles. The van der Waals surface area contributed by atoms with E-state index >= 15 is 0 Å². The number of nitriles is 1. The van der Waals surface area contributed by atoms with Crippen LogP contribution in [-0.4, -0.2) is 9.91 Å². The summed E-state index contributed by atoms with van der Waals surface area (Å²) >= 11 is 0. The SMILES string of the molecule is N#Cc1ccc(-c2cccc([N+](=O)[O-])c2)nc1. The van der Waals surface area contributed by atoms with Crippen LogP contribution in [0.4, 0.5) is 5.69 Å². The van der Waals surface area contributed by atoms with Gasteiger partial charge in [0.25, 0.3) is 5.69 Å². The van der Waals surface area contributed by atoms with Crippen LogP contribution in [0.2, 0.25) is 0 Å². The number of hydrogen-bond acceptors (Lipinski definition) is 4. The van der Waals surface area contributed by atoms with E-state index in [4.69, 9.17) is 5.26 Å². The van der Waals surface area contributed by atoms with Crippen molar-refractivity contribution in [2.24, 2.45) is 0 Å². The van der Waals surface area contributed by atoms with Gasteiger partial charge >= 0.3 is 0 Å². The van der Waals surface area contributed by atoms with Gasteiger partial charge < -0.3 is 0 Å². The second kappa shape index (κ2) is 4.41. The Bertz CT molecular complexity index is 600. The molecule has 0 saturated heterocycles. The minimum absolute atomic E-state index is 0.0219. The van der Waals surface area contributed by atoms with Gasteiger partial charge in [-0.1, -0.05) is 12.1 Å². The van der Waals surface area contributed by atoms with Crippen LogP contribution in [0.15, 0.2) is 42.6 Å². The molecular weight excluding hydrogens is 218 g/mol. The van der Waals surface area contributed by atoms with Crippen molar-refractivity contribution in [1.82, 2.24) is 4.98 Å². The fourth-order valence-corrected chi connectivity index (χ4v) is 1.41.